The van der Waals surface area contributed by atoms with E-state index in [1.54, 1.807) is 4.90 Å². The molecule has 0 spiro atoms. The number of hydrogen-bond acceptors (Lipinski definition) is 3. The largest absolute Gasteiger partial charge is 0.480 e. The van der Waals surface area contributed by atoms with Crippen LogP contribution in [0.25, 0.3) is 0 Å². The number of amides is 3. The molecule has 3 N–H and O–H groups in total. The molecular weight excluding hydrogens is 274 g/mol. The molecule has 3 amide bonds. The molecular formula is C14H21N3O4. The van der Waals surface area contributed by atoms with Crippen LogP contribution in [0.5, 0.6) is 0 Å². The Labute approximate surface area is 123 Å². The van der Waals surface area contributed by atoms with Crippen LogP contribution < -0.4 is 10.6 Å². The van der Waals surface area contributed by atoms with Gasteiger partial charge in [-0.3, -0.25) is 4.79 Å². The Hall–Kier alpha value is -1.79. The molecule has 116 valence electrons. The number of nitrogens with zero attached hydrogens (tertiary/aromatic N) is 1. The van der Waals surface area contributed by atoms with E-state index in [1.807, 2.05) is 0 Å². The van der Waals surface area contributed by atoms with Crippen LogP contribution in [0.2, 0.25) is 0 Å². The fraction of sp³-hybridized carbons (Fsp3) is 0.786. The number of fused-ring (bicyclic) bond motifs is 1. The first-order chi connectivity index (χ1) is 10.00. The average molecular weight is 295 g/mol. The molecule has 2 atom stereocenters. The summed E-state index contributed by atoms with van der Waals surface area (Å²) in [5.41, 5.74) is -1.06. The summed E-state index contributed by atoms with van der Waals surface area (Å²) in [7, 11) is 0. The Morgan fingerprint density at radius 1 is 1.33 bits per heavy atom. The number of carbonyl (C=O) groups is 3. The van der Waals surface area contributed by atoms with Gasteiger partial charge in [-0.2, -0.15) is 0 Å². The van der Waals surface area contributed by atoms with Gasteiger partial charge in [0.2, 0.25) is 5.91 Å². The third-order valence-corrected chi connectivity index (χ3v) is 5.07. The molecule has 7 heteroatoms. The summed E-state index contributed by atoms with van der Waals surface area (Å²) in [6.45, 7) is 1.15. The van der Waals surface area contributed by atoms with E-state index in [4.69, 9.17) is 0 Å². The number of carboxylic acid groups (broad SMARTS) is 1. The Bertz CT molecular complexity index is 475. The molecule has 2 unspecified atom stereocenters. The van der Waals surface area contributed by atoms with Crippen LogP contribution in [0.15, 0.2) is 0 Å². The Kier molecular flexibility index (Phi) is 3.51. The second-order valence-corrected chi connectivity index (χ2v) is 6.38. The van der Waals surface area contributed by atoms with Crippen molar-refractivity contribution in [2.24, 2.45) is 5.92 Å². The fourth-order valence-electron chi connectivity index (χ4n) is 3.50. The lowest BCUT2D eigenvalue weighted by atomic mass is 9.77. The summed E-state index contributed by atoms with van der Waals surface area (Å²) in [5, 5.41) is 14.9. The van der Waals surface area contributed by atoms with Crippen molar-refractivity contribution in [3.8, 4) is 0 Å². The predicted octanol–water partition coefficient (Wildman–Crippen LogP) is 0.304. The van der Waals surface area contributed by atoms with Gasteiger partial charge < -0.3 is 20.6 Å². The van der Waals surface area contributed by atoms with E-state index >= 15 is 0 Å². The molecule has 1 saturated carbocycles. The monoisotopic (exact) mass is 295 g/mol. The molecule has 0 aromatic rings. The summed E-state index contributed by atoms with van der Waals surface area (Å²) in [6, 6.07) is -0.125. The molecule has 0 bridgehead atoms. The maximum absolute atomic E-state index is 12.3. The Morgan fingerprint density at radius 3 is 2.71 bits per heavy atom. The van der Waals surface area contributed by atoms with Gasteiger partial charge in [0.25, 0.3) is 0 Å². The zero-order valence-electron chi connectivity index (χ0n) is 11.9. The van der Waals surface area contributed by atoms with Gasteiger partial charge in [0.15, 0.2) is 0 Å². The van der Waals surface area contributed by atoms with Crippen molar-refractivity contribution in [1.82, 2.24) is 15.5 Å². The molecule has 3 aliphatic rings. The molecule has 21 heavy (non-hydrogen) atoms. The number of urea groups is 1. The van der Waals surface area contributed by atoms with E-state index in [0.717, 1.165) is 19.3 Å². The molecule has 0 aromatic carbocycles. The van der Waals surface area contributed by atoms with Crippen LogP contribution in [0.3, 0.4) is 0 Å². The SMILES string of the molecule is O=C1CCC2CN(C(=O)NC3(C(=O)O)CCC3)CCC2N1. The molecule has 3 fully saturated rings. The van der Waals surface area contributed by atoms with Crippen molar-refractivity contribution in [3.05, 3.63) is 0 Å². The first kappa shape index (κ1) is 14.2. The van der Waals surface area contributed by atoms with Crippen LogP contribution in [-0.4, -0.2) is 52.6 Å². The second kappa shape index (κ2) is 5.20. The van der Waals surface area contributed by atoms with Crippen molar-refractivity contribution >= 4 is 17.9 Å². The summed E-state index contributed by atoms with van der Waals surface area (Å²) in [6.07, 6.45) is 3.89. The lowest BCUT2D eigenvalue weighted by Crippen LogP contribution is -2.64. The van der Waals surface area contributed by atoms with Crippen LogP contribution in [0, 0.1) is 5.92 Å². The molecule has 3 rings (SSSR count). The summed E-state index contributed by atoms with van der Waals surface area (Å²) in [5.74, 6) is -0.570. The van der Waals surface area contributed by atoms with E-state index in [1.165, 1.54) is 0 Å². The molecule has 2 aliphatic heterocycles. The second-order valence-electron chi connectivity index (χ2n) is 6.38. The lowest BCUT2D eigenvalue weighted by molar-refractivity contribution is -0.148. The van der Waals surface area contributed by atoms with E-state index in [0.29, 0.717) is 32.4 Å². The number of rotatable bonds is 2. The summed E-state index contributed by atoms with van der Waals surface area (Å²) >= 11 is 0. The number of aliphatic carboxylic acids is 1. The van der Waals surface area contributed by atoms with Gasteiger partial charge in [-0.05, 0) is 38.0 Å². The van der Waals surface area contributed by atoms with Crippen LogP contribution in [0.1, 0.15) is 38.5 Å². The van der Waals surface area contributed by atoms with Crippen molar-refractivity contribution < 1.29 is 19.5 Å². The zero-order chi connectivity index (χ0) is 15.0. The van der Waals surface area contributed by atoms with Gasteiger partial charge in [-0.15, -0.1) is 0 Å². The van der Waals surface area contributed by atoms with E-state index in [-0.39, 0.29) is 23.9 Å². The minimum atomic E-state index is -1.06. The van der Waals surface area contributed by atoms with Gasteiger partial charge in [0.05, 0.1) is 0 Å². The Morgan fingerprint density at radius 2 is 2.10 bits per heavy atom. The third-order valence-electron chi connectivity index (χ3n) is 5.07. The van der Waals surface area contributed by atoms with Crippen molar-refractivity contribution in [2.75, 3.05) is 13.1 Å². The van der Waals surface area contributed by atoms with Gasteiger partial charge >= 0.3 is 12.0 Å². The van der Waals surface area contributed by atoms with E-state index < -0.39 is 11.5 Å². The maximum atomic E-state index is 12.3. The first-order valence-electron chi connectivity index (χ1n) is 7.60. The van der Waals surface area contributed by atoms with Gasteiger partial charge in [-0.25, -0.2) is 9.59 Å². The standard InChI is InChI=1S/C14H21N3O4/c18-11-3-2-9-8-17(7-4-10(9)15-11)13(21)16-14(12(19)20)5-1-6-14/h9-10H,1-8H2,(H,15,18)(H,16,21)(H,19,20). The Balaban J connectivity index is 1.59. The quantitative estimate of drug-likeness (QED) is 0.682. The molecule has 0 aromatic heterocycles. The highest BCUT2D eigenvalue weighted by Crippen LogP contribution is 2.33. The zero-order valence-corrected chi connectivity index (χ0v) is 11.9. The molecule has 2 saturated heterocycles. The minimum absolute atomic E-state index is 0.0912. The van der Waals surface area contributed by atoms with E-state index in [9.17, 15) is 19.5 Å². The number of piperidine rings is 2. The molecule has 2 heterocycles. The summed E-state index contributed by atoms with van der Waals surface area (Å²) in [4.78, 5) is 36.7. The number of likely N-dealkylation sites (tertiary alicyclic amines) is 1. The number of nitrogens with one attached hydrogen (secondary N) is 2. The van der Waals surface area contributed by atoms with Gasteiger partial charge in [0.1, 0.15) is 5.54 Å². The van der Waals surface area contributed by atoms with Gasteiger partial charge in [0, 0.05) is 25.6 Å². The summed E-state index contributed by atoms with van der Waals surface area (Å²) < 4.78 is 0. The van der Waals surface area contributed by atoms with E-state index in [2.05, 4.69) is 10.6 Å². The molecule has 7 nitrogen and oxygen atoms in total. The van der Waals surface area contributed by atoms with Crippen LogP contribution in [0.4, 0.5) is 4.79 Å². The fourth-order valence-corrected chi connectivity index (χ4v) is 3.50. The maximum Gasteiger partial charge on any atom is 0.329 e. The number of carboxylic acids is 1. The normalized spacial score (nSPS) is 30.7. The van der Waals surface area contributed by atoms with Crippen molar-refractivity contribution in [1.29, 1.82) is 0 Å². The molecule has 1 aliphatic carbocycles. The highest BCUT2D eigenvalue weighted by molar-refractivity contribution is 5.87. The predicted molar refractivity (Wildman–Crippen MR) is 73.6 cm³/mol. The third kappa shape index (κ3) is 2.56. The highest BCUT2D eigenvalue weighted by atomic mass is 16.4. The average Bonchev–Trinajstić information content (AvgIpc) is 2.41. The number of carbonyl (C=O) groups excluding carboxylic acids is 2. The smallest absolute Gasteiger partial charge is 0.329 e. The topological polar surface area (TPSA) is 98.7 Å². The first-order valence-corrected chi connectivity index (χ1v) is 7.60. The number of hydrogen-bond donors (Lipinski definition) is 3. The minimum Gasteiger partial charge on any atom is -0.480 e. The van der Waals surface area contributed by atoms with Crippen molar-refractivity contribution in [2.45, 2.75) is 50.1 Å². The van der Waals surface area contributed by atoms with Crippen LogP contribution >= 0.6 is 0 Å². The lowest BCUT2D eigenvalue weighted by Gasteiger charge is -2.44. The molecule has 0 radical (unpaired) electrons. The van der Waals surface area contributed by atoms with Crippen molar-refractivity contribution in [3.63, 3.8) is 0 Å². The van der Waals surface area contributed by atoms with Crippen LogP contribution in [-0.2, 0) is 9.59 Å². The highest BCUT2D eigenvalue weighted by Gasteiger charge is 2.47. The van der Waals surface area contributed by atoms with Gasteiger partial charge in [-0.1, -0.05) is 0 Å².